The molecule has 0 atom stereocenters. The summed E-state index contributed by atoms with van der Waals surface area (Å²) in [4.78, 5) is 12.6. The van der Waals surface area contributed by atoms with Gasteiger partial charge < -0.3 is 5.73 Å². The lowest BCUT2D eigenvalue weighted by Gasteiger charge is -2.02. The second kappa shape index (κ2) is 5.39. The fourth-order valence-electron chi connectivity index (χ4n) is 1.21. The summed E-state index contributed by atoms with van der Waals surface area (Å²) in [5.41, 5.74) is 8.19. The summed E-state index contributed by atoms with van der Waals surface area (Å²) in [6, 6.07) is 0. The Morgan fingerprint density at radius 2 is 1.88 bits per heavy atom. The summed E-state index contributed by atoms with van der Waals surface area (Å²) in [5.74, 6) is 0.907. The number of hydrogen-bond donors (Lipinski definition) is 1. The van der Waals surface area contributed by atoms with Crippen molar-refractivity contribution < 1.29 is 0 Å². The summed E-state index contributed by atoms with van der Waals surface area (Å²) in [5, 5.41) is 0. The highest BCUT2D eigenvalue weighted by molar-refractivity contribution is 5.94. The maximum atomic E-state index is 5.55. The molecule has 0 unspecified atom stereocenters. The zero-order valence-electron chi connectivity index (χ0n) is 10.2. The first-order chi connectivity index (χ1) is 7.49. The van der Waals surface area contributed by atoms with Gasteiger partial charge in [-0.1, -0.05) is 13.8 Å². The maximum absolute atomic E-state index is 5.55. The molecule has 0 saturated carbocycles. The van der Waals surface area contributed by atoms with Crippen molar-refractivity contribution in [3.8, 4) is 0 Å². The number of allylic oxidation sites excluding steroid dienone is 2. The highest BCUT2D eigenvalue weighted by Gasteiger charge is 2.00. The molecule has 1 aromatic heterocycles. The van der Waals surface area contributed by atoms with Crippen LogP contribution in [0.2, 0.25) is 0 Å². The van der Waals surface area contributed by atoms with Gasteiger partial charge in [-0.2, -0.15) is 0 Å². The molecular formula is C12H18N4. The van der Waals surface area contributed by atoms with E-state index in [0.29, 0.717) is 11.9 Å². The van der Waals surface area contributed by atoms with Crippen molar-refractivity contribution in [3.63, 3.8) is 0 Å². The summed E-state index contributed by atoms with van der Waals surface area (Å²) in [6.45, 7) is 7.90. The molecule has 0 aliphatic carbocycles. The van der Waals surface area contributed by atoms with E-state index < -0.39 is 0 Å². The van der Waals surface area contributed by atoms with E-state index in [2.05, 4.69) is 28.8 Å². The van der Waals surface area contributed by atoms with Gasteiger partial charge in [0.2, 0.25) is 5.95 Å². The number of nitrogens with two attached hydrogens (primary N) is 1. The van der Waals surface area contributed by atoms with E-state index in [9.17, 15) is 0 Å². The monoisotopic (exact) mass is 218 g/mol. The molecular weight excluding hydrogens is 200 g/mol. The molecule has 4 heteroatoms. The highest BCUT2D eigenvalue weighted by Crippen LogP contribution is 2.13. The van der Waals surface area contributed by atoms with Crippen LogP contribution in [0.15, 0.2) is 29.2 Å². The number of aromatic nitrogens is 2. The fraction of sp³-hybridized carbons (Fsp3) is 0.417. The Morgan fingerprint density at radius 1 is 1.31 bits per heavy atom. The molecule has 0 aliphatic heterocycles. The molecule has 2 N–H and O–H groups in total. The lowest BCUT2D eigenvalue weighted by molar-refractivity contribution is 0.846. The van der Waals surface area contributed by atoms with Crippen molar-refractivity contribution in [2.75, 3.05) is 0 Å². The van der Waals surface area contributed by atoms with E-state index >= 15 is 0 Å². The molecule has 1 rings (SSSR count). The van der Waals surface area contributed by atoms with E-state index in [1.54, 1.807) is 6.08 Å². The van der Waals surface area contributed by atoms with Crippen LogP contribution >= 0.6 is 0 Å². The van der Waals surface area contributed by atoms with E-state index in [1.807, 2.05) is 26.2 Å². The first-order valence-electron chi connectivity index (χ1n) is 5.30. The standard InChI is InChI=1S/C12H18N4/c1-8(2)11-6-14-12(15-7-11)16-10(4)5-9(3)13/h5-8H,13H2,1-4H3. The van der Waals surface area contributed by atoms with E-state index in [1.165, 1.54) is 0 Å². The Morgan fingerprint density at radius 3 is 2.31 bits per heavy atom. The van der Waals surface area contributed by atoms with Gasteiger partial charge in [0.25, 0.3) is 0 Å². The summed E-state index contributed by atoms with van der Waals surface area (Å²) in [7, 11) is 0. The maximum Gasteiger partial charge on any atom is 0.249 e. The van der Waals surface area contributed by atoms with Crippen molar-refractivity contribution in [2.24, 2.45) is 10.7 Å². The Balaban J connectivity index is 2.87. The molecule has 0 amide bonds. The van der Waals surface area contributed by atoms with Gasteiger partial charge in [0.05, 0.1) is 0 Å². The largest absolute Gasteiger partial charge is 0.402 e. The van der Waals surface area contributed by atoms with Gasteiger partial charge in [0.15, 0.2) is 0 Å². The normalized spacial score (nSPS) is 13.3. The predicted octanol–water partition coefficient (Wildman–Crippen LogP) is 2.55. The molecule has 1 heterocycles. The van der Waals surface area contributed by atoms with Gasteiger partial charge in [0.1, 0.15) is 0 Å². The average Bonchev–Trinajstić information content (AvgIpc) is 2.16. The fourth-order valence-corrected chi connectivity index (χ4v) is 1.21. The van der Waals surface area contributed by atoms with Gasteiger partial charge in [-0.3, -0.25) is 0 Å². The van der Waals surface area contributed by atoms with Crippen LogP contribution in [-0.4, -0.2) is 15.7 Å². The third kappa shape index (κ3) is 3.81. The molecule has 0 radical (unpaired) electrons. The SMILES string of the molecule is CC(N)=CC(C)=Nc1ncc(C(C)C)cn1. The number of nitrogens with zero attached hydrogens (tertiary/aromatic N) is 3. The van der Waals surface area contributed by atoms with Crippen LogP contribution < -0.4 is 5.73 Å². The van der Waals surface area contributed by atoms with Gasteiger partial charge >= 0.3 is 0 Å². The average molecular weight is 218 g/mol. The van der Waals surface area contributed by atoms with Crippen molar-refractivity contribution >= 4 is 11.7 Å². The molecule has 0 aliphatic rings. The van der Waals surface area contributed by atoms with Crippen LogP contribution in [0.25, 0.3) is 0 Å². The van der Waals surface area contributed by atoms with Gasteiger partial charge in [-0.15, -0.1) is 0 Å². The van der Waals surface area contributed by atoms with E-state index in [0.717, 1.165) is 17.0 Å². The van der Waals surface area contributed by atoms with Crippen molar-refractivity contribution in [2.45, 2.75) is 33.6 Å². The summed E-state index contributed by atoms with van der Waals surface area (Å²) in [6.07, 6.45) is 5.41. The second-order valence-corrected chi connectivity index (χ2v) is 4.11. The number of rotatable bonds is 3. The van der Waals surface area contributed by atoms with Gasteiger partial charge in [0, 0.05) is 23.8 Å². The molecule has 4 nitrogen and oxygen atoms in total. The minimum atomic E-state index is 0.435. The molecule has 0 aromatic carbocycles. The van der Waals surface area contributed by atoms with Crippen molar-refractivity contribution in [1.29, 1.82) is 0 Å². The molecule has 1 aromatic rings. The zero-order valence-corrected chi connectivity index (χ0v) is 10.2. The van der Waals surface area contributed by atoms with Gasteiger partial charge in [-0.05, 0) is 31.4 Å². The highest BCUT2D eigenvalue weighted by atomic mass is 15.0. The first kappa shape index (κ1) is 12.4. The molecule has 0 bridgehead atoms. The summed E-state index contributed by atoms with van der Waals surface area (Å²) >= 11 is 0. The first-order valence-corrected chi connectivity index (χ1v) is 5.30. The lowest BCUT2D eigenvalue weighted by atomic mass is 10.1. The Kier molecular flexibility index (Phi) is 4.17. The minimum absolute atomic E-state index is 0.435. The Hall–Kier alpha value is -1.71. The third-order valence-electron chi connectivity index (χ3n) is 2.04. The van der Waals surface area contributed by atoms with E-state index in [-0.39, 0.29) is 0 Å². The van der Waals surface area contributed by atoms with Crippen LogP contribution in [0.3, 0.4) is 0 Å². The second-order valence-electron chi connectivity index (χ2n) is 4.11. The quantitative estimate of drug-likeness (QED) is 0.793. The van der Waals surface area contributed by atoms with Crippen molar-refractivity contribution in [3.05, 3.63) is 29.7 Å². The predicted molar refractivity (Wildman–Crippen MR) is 66.8 cm³/mol. The zero-order chi connectivity index (χ0) is 12.1. The van der Waals surface area contributed by atoms with Crippen LogP contribution in [-0.2, 0) is 0 Å². The van der Waals surface area contributed by atoms with Crippen LogP contribution in [0.4, 0.5) is 5.95 Å². The van der Waals surface area contributed by atoms with E-state index in [4.69, 9.17) is 5.73 Å². The molecule has 16 heavy (non-hydrogen) atoms. The smallest absolute Gasteiger partial charge is 0.249 e. The van der Waals surface area contributed by atoms with Crippen LogP contribution in [0, 0.1) is 0 Å². The molecule has 0 spiro atoms. The third-order valence-corrected chi connectivity index (χ3v) is 2.04. The lowest BCUT2D eigenvalue weighted by Crippen LogP contribution is -1.96. The topological polar surface area (TPSA) is 64.2 Å². The number of hydrogen-bond acceptors (Lipinski definition) is 4. The Labute approximate surface area is 96.3 Å². The van der Waals surface area contributed by atoms with Crippen LogP contribution in [0.5, 0.6) is 0 Å². The van der Waals surface area contributed by atoms with Crippen LogP contribution in [0.1, 0.15) is 39.2 Å². The summed E-state index contributed by atoms with van der Waals surface area (Å²) < 4.78 is 0. The molecule has 0 fully saturated rings. The Bertz CT molecular complexity index is 398. The molecule has 0 saturated heterocycles. The van der Waals surface area contributed by atoms with Crippen molar-refractivity contribution in [1.82, 2.24) is 9.97 Å². The minimum Gasteiger partial charge on any atom is -0.402 e. The number of aliphatic imine (C=N–C) groups is 1. The molecule has 86 valence electrons. The van der Waals surface area contributed by atoms with Gasteiger partial charge in [-0.25, -0.2) is 15.0 Å².